The maximum atomic E-state index is 12.0. The normalized spacial score (nSPS) is 13.3. The van der Waals surface area contributed by atoms with Crippen molar-refractivity contribution in [3.63, 3.8) is 0 Å². The van der Waals surface area contributed by atoms with Crippen LogP contribution in [0, 0.1) is 5.92 Å². The number of aliphatic hydroxyl groups excluding tert-OH is 1. The molecule has 13 nitrogen and oxygen atoms in total. The van der Waals surface area contributed by atoms with Crippen LogP contribution in [0.25, 0.3) is 21.6 Å². The van der Waals surface area contributed by atoms with Crippen molar-refractivity contribution in [2.45, 2.75) is 32.7 Å². The number of hydrogen-bond acceptors (Lipinski definition) is 9. The number of rotatable bonds is 9. The summed E-state index contributed by atoms with van der Waals surface area (Å²) in [5.41, 5.74) is 13.8. The molecule has 0 aromatic carbocycles. The van der Waals surface area contributed by atoms with Gasteiger partial charge in [0.1, 0.15) is 25.5 Å². The van der Waals surface area contributed by atoms with Crippen LogP contribution < -0.4 is 11.3 Å². The van der Waals surface area contributed by atoms with E-state index in [2.05, 4.69) is 25.0 Å². The number of fused-ring (bicyclic) bond motifs is 1. The average Bonchev–Trinajstić information content (AvgIpc) is 3.02. The standard InChI is InChI=1S/C14H20N8O5/c1-7(2)9(20-21-16)13(25)26-4-8(3-23)27-6-22-5-17-10-11(22)18-14(15)19-12(10)24/h5,7-9,23H,3-4,6H2,1-2H3,(H3,15,18,19,24)/t8?,9-/m0/s1. The van der Waals surface area contributed by atoms with Crippen LogP contribution in [0.1, 0.15) is 13.8 Å². The predicted molar refractivity (Wildman–Crippen MR) is 93.3 cm³/mol. The van der Waals surface area contributed by atoms with Gasteiger partial charge in [0.2, 0.25) is 5.95 Å². The number of azide groups is 1. The zero-order valence-electron chi connectivity index (χ0n) is 14.8. The van der Waals surface area contributed by atoms with E-state index in [0.717, 1.165) is 0 Å². The summed E-state index contributed by atoms with van der Waals surface area (Å²) >= 11 is 0. The number of aromatic amines is 1. The van der Waals surface area contributed by atoms with Crippen LogP contribution in [-0.4, -0.2) is 56.0 Å². The first-order chi connectivity index (χ1) is 12.9. The van der Waals surface area contributed by atoms with Crippen LogP contribution in [0.15, 0.2) is 16.2 Å². The maximum Gasteiger partial charge on any atom is 0.315 e. The van der Waals surface area contributed by atoms with Crippen LogP contribution in [0.2, 0.25) is 0 Å². The second-order valence-electron chi connectivity index (χ2n) is 5.96. The van der Waals surface area contributed by atoms with Crippen molar-refractivity contribution in [2.75, 3.05) is 18.9 Å². The van der Waals surface area contributed by atoms with E-state index in [1.165, 1.54) is 10.9 Å². The van der Waals surface area contributed by atoms with Gasteiger partial charge in [0.25, 0.3) is 5.56 Å². The molecule has 1 unspecified atom stereocenters. The van der Waals surface area contributed by atoms with E-state index in [4.69, 9.17) is 20.7 Å². The van der Waals surface area contributed by atoms with E-state index in [0.29, 0.717) is 0 Å². The number of imidazole rings is 1. The lowest BCUT2D eigenvalue weighted by Gasteiger charge is -2.19. The highest BCUT2D eigenvalue weighted by atomic mass is 16.6. The second-order valence-corrected chi connectivity index (χ2v) is 5.96. The number of nitrogens with zero attached hydrogens (tertiary/aromatic N) is 6. The third-order valence-corrected chi connectivity index (χ3v) is 3.61. The number of esters is 1. The molecule has 0 aliphatic carbocycles. The summed E-state index contributed by atoms with van der Waals surface area (Å²) < 4.78 is 12.0. The molecule has 2 heterocycles. The van der Waals surface area contributed by atoms with Gasteiger partial charge in [-0.15, -0.1) is 0 Å². The molecule has 146 valence electrons. The average molecular weight is 380 g/mol. The number of carbonyl (C=O) groups is 1. The Morgan fingerprint density at radius 3 is 2.93 bits per heavy atom. The fourth-order valence-corrected chi connectivity index (χ4v) is 2.17. The van der Waals surface area contributed by atoms with Gasteiger partial charge in [0.05, 0.1) is 12.9 Å². The Bertz CT molecular complexity index is 901. The van der Waals surface area contributed by atoms with Gasteiger partial charge in [-0.1, -0.05) is 19.0 Å². The van der Waals surface area contributed by atoms with Gasteiger partial charge < -0.3 is 20.3 Å². The molecule has 2 rings (SSSR count). The quantitative estimate of drug-likeness (QED) is 0.232. The third kappa shape index (κ3) is 4.94. The Morgan fingerprint density at radius 2 is 2.30 bits per heavy atom. The van der Waals surface area contributed by atoms with Crippen molar-refractivity contribution in [3.8, 4) is 0 Å². The molecule has 0 saturated heterocycles. The molecule has 2 atom stereocenters. The third-order valence-electron chi connectivity index (χ3n) is 3.61. The number of hydrogen-bond donors (Lipinski definition) is 3. The van der Waals surface area contributed by atoms with Crippen LogP contribution >= 0.6 is 0 Å². The van der Waals surface area contributed by atoms with E-state index < -0.39 is 30.3 Å². The monoisotopic (exact) mass is 380 g/mol. The summed E-state index contributed by atoms with van der Waals surface area (Å²) in [7, 11) is 0. The molecule has 2 aromatic heterocycles. The van der Waals surface area contributed by atoms with Crippen LogP contribution in [0.3, 0.4) is 0 Å². The van der Waals surface area contributed by atoms with E-state index in [1.54, 1.807) is 13.8 Å². The first kappa shape index (κ1) is 20.2. The zero-order chi connectivity index (χ0) is 20.0. The smallest absolute Gasteiger partial charge is 0.315 e. The fourth-order valence-electron chi connectivity index (χ4n) is 2.17. The minimum atomic E-state index is -0.967. The molecule has 0 fully saturated rings. The van der Waals surface area contributed by atoms with Gasteiger partial charge in [0, 0.05) is 4.91 Å². The topological polar surface area (TPSA) is 194 Å². The Kier molecular flexibility index (Phi) is 6.71. The molecule has 0 saturated carbocycles. The molecular weight excluding hydrogens is 360 g/mol. The molecule has 0 aliphatic heterocycles. The van der Waals surface area contributed by atoms with Gasteiger partial charge in [-0.3, -0.25) is 19.1 Å². The number of ether oxygens (including phenoxy) is 2. The van der Waals surface area contributed by atoms with E-state index in [9.17, 15) is 14.7 Å². The highest BCUT2D eigenvalue weighted by molar-refractivity contribution is 5.76. The Labute approximate surface area is 152 Å². The Hall–Kier alpha value is -3.15. The molecule has 4 N–H and O–H groups in total. The summed E-state index contributed by atoms with van der Waals surface area (Å²) in [5.74, 6) is -1.02. The minimum Gasteiger partial charge on any atom is -0.463 e. The number of H-pyrrole nitrogens is 1. The number of nitrogens with one attached hydrogen (secondary N) is 1. The SMILES string of the molecule is CC(C)[C@H](N=[N+]=[N-])C(=O)OCC(CO)OCn1cnc2c(=O)[nH]c(N)nc21. The summed E-state index contributed by atoms with van der Waals surface area (Å²) in [6, 6.07) is -0.967. The van der Waals surface area contributed by atoms with Gasteiger partial charge >= 0.3 is 5.97 Å². The van der Waals surface area contributed by atoms with Crippen LogP contribution in [-0.2, 0) is 21.0 Å². The summed E-state index contributed by atoms with van der Waals surface area (Å²) in [6.07, 6.45) is 0.494. The molecule has 0 radical (unpaired) electrons. The van der Waals surface area contributed by atoms with E-state index >= 15 is 0 Å². The predicted octanol–water partition coefficient (Wildman–Crippen LogP) is -0.0851. The van der Waals surface area contributed by atoms with Crippen molar-refractivity contribution >= 4 is 23.1 Å². The lowest BCUT2D eigenvalue weighted by molar-refractivity contribution is -0.153. The lowest BCUT2D eigenvalue weighted by atomic mass is 10.1. The van der Waals surface area contributed by atoms with Crippen LogP contribution in [0.4, 0.5) is 5.95 Å². The van der Waals surface area contributed by atoms with Gasteiger partial charge in [0.15, 0.2) is 11.2 Å². The summed E-state index contributed by atoms with van der Waals surface area (Å²) in [4.78, 5) is 36.6. The molecular formula is C14H20N8O5. The number of nitrogen functional groups attached to an aromatic ring is 1. The molecule has 0 bridgehead atoms. The molecule has 0 amide bonds. The molecule has 0 aliphatic rings. The Balaban J connectivity index is 1.99. The number of anilines is 1. The van der Waals surface area contributed by atoms with Crippen molar-refractivity contribution in [2.24, 2.45) is 11.0 Å². The van der Waals surface area contributed by atoms with Crippen molar-refractivity contribution in [3.05, 3.63) is 27.1 Å². The molecule has 0 spiro atoms. The van der Waals surface area contributed by atoms with Crippen molar-refractivity contribution < 1.29 is 19.4 Å². The fraction of sp³-hybridized carbons (Fsp3) is 0.571. The Morgan fingerprint density at radius 1 is 1.56 bits per heavy atom. The molecule has 27 heavy (non-hydrogen) atoms. The van der Waals surface area contributed by atoms with Crippen molar-refractivity contribution in [1.82, 2.24) is 19.5 Å². The van der Waals surface area contributed by atoms with E-state index in [1.807, 2.05) is 0 Å². The highest BCUT2D eigenvalue weighted by Gasteiger charge is 2.23. The number of aliphatic hydroxyl groups is 1. The van der Waals surface area contributed by atoms with Crippen LogP contribution in [0.5, 0.6) is 0 Å². The molecule has 13 heteroatoms. The number of carbonyl (C=O) groups excluding carboxylic acids is 1. The number of nitrogens with two attached hydrogens (primary N) is 1. The van der Waals surface area contributed by atoms with Crippen molar-refractivity contribution in [1.29, 1.82) is 0 Å². The van der Waals surface area contributed by atoms with Gasteiger partial charge in [-0.05, 0) is 11.4 Å². The first-order valence-electron chi connectivity index (χ1n) is 8.01. The summed E-state index contributed by atoms with van der Waals surface area (Å²) in [6.45, 7) is 2.64. The summed E-state index contributed by atoms with van der Waals surface area (Å²) in [5, 5.41) is 12.8. The second kappa shape index (κ2) is 8.98. The lowest BCUT2D eigenvalue weighted by Crippen LogP contribution is -2.32. The van der Waals surface area contributed by atoms with E-state index in [-0.39, 0.29) is 36.4 Å². The van der Waals surface area contributed by atoms with Gasteiger partial charge in [-0.25, -0.2) is 4.98 Å². The minimum absolute atomic E-state index is 0.0698. The highest BCUT2D eigenvalue weighted by Crippen LogP contribution is 2.10. The van der Waals surface area contributed by atoms with Gasteiger partial charge in [-0.2, -0.15) is 4.98 Å². The first-order valence-corrected chi connectivity index (χ1v) is 8.01. The largest absolute Gasteiger partial charge is 0.463 e. The zero-order valence-corrected chi connectivity index (χ0v) is 14.8. The number of aromatic nitrogens is 4. The molecule has 2 aromatic rings. The maximum absolute atomic E-state index is 12.0.